The molecule has 5 nitrogen and oxygen atoms in total. The molecule has 0 aliphatic heterocycles. The summed E-state index contributed by atoms with van der Waals surface area (Å²) in [6.45, 7) is 3.55. The average Bonchev–Trinajstić information content (AvgIpc) is 1.81. The Labute approximate surface area is 82.3 Å². The lowest BCUT2D eigenvalue weighted by Gasteiger charge is -2.07. The minimum atomic E-state index is -3.19. The smallest absolute Gasteiger partial charge is 0.320 e. The molecule has 0 rings (SSSR count). The molecule has 0 heterocycles. The van der Waals surface area contributed by atoms with Crippen molar-refractivity contribution >= 4 is 25.7 Å². The van der Waals surface area contributed by atoms with Crippen molar-refractivity contribution in [3.63, 3.8) is 0 Å². The molecule has 80 valence electrons. The normalized spacial score (nSPS) is 13.1. The van der Waals surface area contributed by atoms with Gasteiger partial charge in [0.05, 0.1) is 6.26 Å². The van der Waals surface area contributed by atoms with Gasteiger partial charge >= 0.3 is 5.97 Å². The topological polar surface area (TPSA) is 97.5 Å². The summed E-state index contributed by atoms with van der Waals surface area (Å²) >= 11 is 0. The molecule has 0 aromatic heterocycles. The molecule has 0 amide bonds. The highest BCUT2D eigenvalue weighted by Crippen LogP contribution is 1.96. The number of carboxylic acids is 1. The third-order valence-corrected chi connectivity index (χ3v) is 1.00. The van der Waals surface area contributed by atoms with Crippen LogP contribution < -0.4 is 5.73 Å². The quantitative estimate of drug-likeness (QED) is 0.664. The van der Waals surface area contributed by atoms with Crippen molar-refractivity contribution in [1.29, 1.82) is 0 Å². The van der Waals surface area contributed by atoms with Gasteiger partial charge in [0.1, 0.15) is 6.04 Å². The van der Waals surface area contributed by atoms with Crippen molar-refractivity contribution in [2.75, 3.05) is 6.26 Å². The highest BCUT2D eigenvalue weighted by atomic mass is 35.7. The molecule has 7 heteroatoms. The zero-order chi connectivity index (χ0) is 11.2. The van der Waals surface area contributed by atoms with Crippen LogP contribution in [0.3, 0.4) is 0 Å². The van der Waals surface area contributed by atoms with Crippen LogP contribution in [-0.2, 0) is 13.8 Å². The molecule has 0 aliphatic rings. The van der Waals surface area contributed by atoms with Crippen LogP contribution in [-0.4, -0.2) is 31.8 Å². The first kappa shape index (κ1) is 15.2. The maximum absolute atomic E-state index is 10.0. The van der Waals surface area contributed by atoms with Crippen LogP contribution in [0, 0.1) is 5.92 Å². The number of carboxylic acid groups (broad SMARTS) is 1. The van der Waals surface area contributed by atoms with E-state index in [1.165, 1.54) is 0 Å². The van der Waals surface area contributed by atoms with E-state index in [1.807, 2.05) is 0 Å². The first-order valence-corrected chi connectivity index (χ1v) is 6.15. The highest BCUT2D eigenvalue weighted by molar-refractivity contribution is 8.13. The van der Waals surface area contributed by atoms with Crippen LogP contribution in [0.2, 0.25) is 0 Å². The van der Waals surface area contributed by atoms with E-state index >= 15 is 0 Å². The molecule has 0 fully saturated rings. The van der Waals surface area contributed by atoms with Crippen molar-refractivity contribution in [2.24, 2.45) is 11.7 Å². The molecule has 0 aromatic carbocycles. The lowest BCUT2D eigenvalue weighted by atomic mass is 10.1. The Hall–Kier alpha value is -0.330. The lowest BCUT2D eigenvalue weighted by Crippen LogP contribution is -2.34. The fourth-order valence-corrected chi connectivity index (χ4v) is 0.285. The molecule has 0 bridgehead atoms. The molecule has 0 saturated carbocycles. The van der Waals surface area contributed by atoms with E-state index in [-0.39, 0.29) is 5.92 Å². The second kappa shape index (κ2) is 6.17. The minimum absolute atomic E-state index is 0.0208. The van der Waals surface area contributed by atoms with Gasteiger partial charge in [0, 0.05) is 10.7 Å². The number of hydrogen-bond acceptors (Lipinski definition) is 4. The van der Waals surface area contributed by atoms with E-state index in [4.69, 9.17) is 10.8 Å². The van der Waals surface area contributed by atoms with Crippen LogP contribution >= 0.6 is 10.7 Å². The Bertz CT molecular complexity index is 241. The molecule has 13 heavy (non-hydrogen) atoms. The van der Waals surface area contributed by atoms with E-state index in [9.17, 15) is 13.2 Å². The van der Waals surface area contributed by atoms with Crippen molar-refractivity contribution < 1.29 is 18.3 Å². The van der Waals surface area contributed by atoms with Gasteiger partial charge < -0.3 is 10.8 Å². The van der Waals surface area contributed by atoms with Crippen LogP contribution in [0.25, 0.3) is 0 Å². The van der Waals surface area contributed by atoms with Crippen LogP contribution in [0.4, 0.5) is 0 Å². The first-order chi connectivity index (χ1) is 5.55. The number of carbonyl (C=O) groups is 1. The van der Waals surface area contributed by atoms with Gasteiger partial charge in [-0.05, 0) is 5.92 Å². The molecular weight excluding hydrogens is 218 g/mol. The summed E-state index contributed by atoms with van der Waals surface area (Å²) in [6.07, 6.45) is 0.925. The van der Waals surface area contributed by atoms with Crippen molar-refractivity contribution in [3.8, 4) is 0 Å². The average molecular weight is 232 g/mol. The standard InChI is InChI=1S/C5H11NO2.CH3ClO2S/c1-3(2)4(6)5(7)8;1-5(2,3)4/h3-4H,6H2,1-2H3,(H,7,8);1H3/t4-;/m0./s1. The molecule has 3 N–H and O–H groups in total. The molecule has 1 atom stereocenters. The van der Waals surface area contributed by atoms with E-state index in [1.54, 1.807) is 13.8 Å². The van der Waals surface area contributed by atoms with Gasteiger partial charge in [-0.3, -0.25) is 4.79 Å². The largest absolute Gasteiger partial charge is 0.480 e. The molecule has 0 unspecified atom stereocenters. The summed E-state index contributed by atoms with van der Waals surface area (Å²) in [4.78, 5) is 10.0. The van der Waals surface area contributed by atoms with Gasteiger partial charge in [-0.15, -0.1) is 0 Å². The van der Waals surface area contributed by atoms with E-state index in [0.717, 1.165) is 6.26 Å². The zero-order valence-electron chi connectivity index (χ0n) is 7.69. The third-order valence-electron chi connectivity index (χ3n) is 1.00. The van der Waals surface area contributed by atoms with Crippen LogP contribution in [0.5, 0.6) is 0 Å². The van der Waals surface area contributed by atoms with Crippen LogP contribution in [0.15, 0.2) is 0 Å². The highest BCUT2D eigenvalue weighted by Gasteiger charge is 2.14. The lowest BCUT2D eigenvalue weighted by molar-refractivity contribution is -0.139. The molecule has 0 saturated heterocycles. The summed E-state index contributed by atoms with van der Waals surface area (Å²) in [5.41, 5.74) is 5.16. The predicted molar refractivity (Wildman–Crippen MR) is 51.1 cm³/mol. The zero-order valence-corrected chi connectivity index (χ0v) is 9.26. The number of rotatable bonds is 2. The van der Waals surface area contributed by atoms with Gasteiger partial charge in [0.2, 0.25) is 9.05 Å². The second-order valence-corrected chi connectivity index (χ2v) is 5.83. The van der Waals surface area contributed by atoms with Gasteiger partial charge in [-0.2, -0.15) is 0 Å². The fourth-order valence-electron chi connectivity index (χ4n) is 0.285. The second-order valence-electron chi connectivity index (χ2n) is 2.79. The Kier molecular flexibility index (Phi) is 7.20. The molecule has 0 spiro atoms. The summed E-state index contributed by atoms with van der Waals surface area (Å²) in [6, 6.07) is -0.713. The maximum Gasteiger partial charge on any atom is 0.320 e. The summed E-state index contributed by atoms with van der Waals surface area (Å²) in [7, 11) is 1.31. The van der Waals surface area contributed by atoms with Crippen molar-refractivity contribution in [3.05, 3.63) is 0 Å². The van der Waals surface area contributed by atoms with E-state index in [2.05, 4.69) is 10.7 Å². The summed E-state index contributed by atoms with van der Waals surface area (Å²) in [5, 5.41) is 8.23. The Morgan fingerprint density at radius 3 is 1.69 bits per heavy atom. The van der Waals surface area contributed by atoms with Gasteiger partial charge in [0.15, 0.2) is 0 Å². The molecular formula is C6H14ClNO4S. The third kappa shape index (κ3) is 18.5. The Balaban J connectivity index is 0. The monoisotopic (exact) mass is 231 g/mol. The number of nitrogens with two attached hydrogens (primary N) is 1. The predicted octanol–water partition coefficient (Wildman–Crippen LogP) is 0.239. The van der Waals surface area contributed by atoms with Gasteiger partial charge in [-0.1, -0.05) is 13.8 Å². The van der Waals surface area contributed by atoms with Crippen LogP contribution in [0.1, 0.15) is 13.8 Å². The summed E-state index contributed by atoms with van der Waals surface area (Å²) in [5.74, 6) is -0.910. The Morgan fingerprint density at radius 2 is 1.69 bits per heavy atom. The van der Waals surface area contributed by atoms with E-state index < -0.39 is 21.1 Å². The van der Waals surface area contributed by atoms with Crippen molar-refractivity contribution in [1.82, 2.24) is 0 Å². The maximum atomic E-state index is 10.0. The molecule has 0 aliphatic carbocycles. The minimum Gasteiger partial charge on any atom is -0.480 e. The van der Waals surface area contributed by atoms with Gasteiger partial charge in [-0.25, -0.2) is 8.42 Å². The number of aliphatic carboxylic acids is 1. The fraction of sp³-hybridized carbons (Fsp3) is 0.833. The first-order valence-electron chi connectivity index (χ1n) is 3.43. The number of halogens is 1. The number of hydrogen-bond donors (Lipinski definition) is 2. The summed E-state index contributed by atoms with van der Waals surface area (Å²) < 4.78 is 18.8. The SMILES string of the molecule is CC(C)[C@H](N)C(=O)O.CS(=O)(=O)Cl. The van der Waals surface area contributed by atoms with Gasteiger partial charge in [0.25, 0.3) is 0 Å². The molecule has 0 radical (unpaired) electrons. The molecule has 0 aromatic rings. The van der Waals surface area contributed by atoms with E-state index in [0.29, 0.717) is 0 Å². The Morgan fingerprint density at radius 1 is 1.46 bits per heavy atom. The van der Waals surface area contributed by atoms with Crippen molar-refractivity contribution in [2.45, 2.75) is 19.9 Å².